The number of fused-ring (bicyclic) bond motifs is 1. The largest absolute Gasteiger partial charge is 0.304 e. The van der Waals surface area contributed by atoms with Crippen LogP contribution in [-0.2, 0) is 16.6 Å². The Hall–Kier alpha value is -1.93. The molecule has 0 bridgehead atoms. The fraction of sp³-hybridized carbons (Fsp3) is 0.300. The summed E-state index contributed by atoms with van der Waals surface area (Å²) in [6.07, 6.45) is 1.43. The molecule has 0 aliphatic carbocycles. The zero-order chi connectivity index (χ0) is 19.9. The molecule has 2 aromatic carbocycles. The fourth-order valence-electron chi connectivity index (χ4n) is 3.58. The molecular formula is C20H21ClFN3O2S. The third-order valence-corrected chi connectivity index (χ3v) is 7.17. The van der Waals surface area contributed by atoms with Gasteiger partial charge in [-0.2, -0.15) is 0 Å². The van der Waals surface area contributed by atoms with Crippen LogP contribution in [0.25, 0.3) is 10.9 Å². The average Bonchev–Trinajstić information content (AvgIpc) is 3.03. The van der Waals surface area contributed by atoms with E-state index in [1.165, 1.54) is 22.3 Å². The Morgan fingerprint density at radius 3 is 2.39 bits per heavy atom. The molecule has 148 valence electrons. The smallest absolute Gasteiger partial charge is 0.268 e. The predicted octanol–water partition coefficient (Wildman–Crippen LogP) is 3.42. The first-order chi connectivity index (χ1) is 13.4. The molecule has 28 heavy (non-hydrogen) atoms. The van der Waals surface area contributed by atoms with Gasteiger partial charge in [0.2, 0.25) is 0 Å². The summed E-state index contributed by atoms with van der Waals surface area (Å²) < 4.78 is 40.5. The molecule has 0 spiro atoms. The van der Waals surface area contributed by atoms with Crippen LogP contribution in [-0.4, -0.2) is 55.4 Å². The lowest BCUT2D eigenvalue weighted by Crippen LogP contribution is -2.43. The first kappa shape index (κ1) is 19.4. The predicted molar refractivity (Wildman–Crippen MR) is 109 cm³/mol. The maximum absolute atomic E-state index is 13.2. The van der Waals surface area contributed by atoms with Crippen molar-refractivity contribution in [3.63, 3.8) is 0 Å². The molecule has 1 aliphatic rings. The highest BCUT2D eigenvalue weighted by atomic mass is 35.5. The molecular weight excluding hydrogens is 401 g/mol. The summed E-state index contributed by atoms with van der Waals surface area (Å²) in [5.74, 6) is -0.483. The van der Waals surface area contributed by atoms with E-state index in [0.29, 0.717) is 17.1 Å². The van der Waals surface area contributed by atoms with E-state index in [1.807, 2.05) is 12.1 Å². The number of halogens is 2. The van der Waals surface area contributed by atoms with Crippen molar-refractivity contribution in [2.75, 3.05) is 33.2 Å². The van der Waals surface area contributed by atoms with Crippen LogP contribution >= 0.6 is 11.6 Å². The lowest BCUT2D eigenvalue weighted by molar-refractivity contribution is 0.148. The number of hydrogen-bond acceptors (Lipinski definition) is 4. The lowest BCUT2D eigenvalue weighted by atomic mass is 10.1. The second-order valence-electron chi connectivity index (χ2n) is 7.12. The topological polar surface area (TPSA) is 45.5 Å². The van der Waals surface area contributed by atoms with E-state index in [1.54, 1.807) is 6.07 Å². The van der Waals surface area contributed by atoms with Crippen LogP contribution < -0.4 is 0 Å². The number of rotatable bonds is 4. The van der Waals surface area contributed by atoms with Gasteiger partial charge in [0.05, 0.1) is 15.4 Å². The van der Waals surface area contributed by atoms with Gasteiger partial charge in [-0.15, -0.1) is 0 Å². The molecule has 5 nitrogen and oxygen atoms in total. The van der Waals surface area contributed by atoms with E-state index in [0.717, 1.165) is 49.3 Å². The molecule has 1 saturated heterocycles. The minimum atomic E-state index is -3.87. The number of hydrogen-bond donors (Lipinski definition) is 0. The van der Waals surface area contributed by atoms with E-state index in [-0.39, 0.29) is 4.90 Å². The van der Waals surface area contributed by atoms with Gasteiger partial charge in [0, 0.05) is 44.3 Å². The maximum Gasteiger partial charge on any atom is 0.268 e. The zero-order valence-electron chi connectivity index (χ0n) is 15.5. The van der Waals surface area contributed by atoms with E-state index in [2.05, 4.69) is 16.8 Å². The van der Waals surface area contributed by atoms with Gasteiger partial charge in [0.25, 0.3) is 10.0 Å². The second kappa shape index (κ2) is 7.48. The quantitative estimate of drug-likeness (QED) is 0.647. The molecule has 0 unspecified atom stereocenters. The van der Waals surface area contributed by atoms with Crippen molar-refractivity contribution in [1.29, 1.82) is 0 Å². The van der Waals surface area contributed by atoms with Crippen LogP contribution in [0.15, 0.2) is 53.6 Å². The maximum atomic E-state index is 13.2. The molecule has 2 heterocycles. The average molecular weight is 422 g/mol. The van der Waals surface area contributed by atoms with Crippen molar-refractivity contribution in [3.05, 3.63) is 65.1 Å². The van der Waals surface area contributed by atoms with Crippen LogP contribution in [0.4, 0.5) is 4.39 Å². The lowest BCUT2D eigenvalue weighted by Gasteiger charge is -2.32. The van der Waals surface area contributed by atoms with Crippen molar-refractivity contribution in [2.24, 2.45) is 0 Å². The van der Waals surface area contributed by atoms with Crippen LogP contribution in [0.3, 0.4) is 0 Å². The Morgan fingerprint density at radius 1 is 1.04 bits per heavy atom. The highest BCUT2D eigenvalue weighted by molar-refractivity contribution is 7.90. The van der Waals surface area contributed by atoms with Gasteiger partial charge in [-0.1, -0.05) is 23.7 Å². The van der Waals surface area contributed by atoms with Crippen molar-refractivity contribution < 1.29 is 12.8 Å². The third kappa shape index (κ3) is 3.55. The Labute approximate surface area is 169 Å². The van der Waals surface area contributed by atoms with Crippen LogP contribution in [0.1, 0.15) is 5.56 Å². The SMILES string of the molecule is CN1CCN(Cc2cccc3c2c(Cl)cn3S(=O)(=O)c2ccc(F)cc2)CC1. The van der Waals surface area contributed by atoms with Crippen LogP contribution in [0.2, 0.25) is 5.02 Å². The number of aromatic nitrogens is 1. The molecule has 3 aromatic rings. The summed E-state index contributed by atoms with van der Waals surface area (Å²) in [5, 5.41) is 1.14. The summed E-state index contributed by atoms with van der Waals surface area (Å²) in [7, 11) is -1.77. The monoisotopic (exact) mass is 421 g/mol. The summed E-state index contributed by atoms with van der Waals surface area (Å²) in [6, 6.07) is 10.4. The van der Waals surface area contributed by atoms with Gasteiger partial charge >= 0.3 is 0 Å². The highest BCUT2D eigenvalue weighted by Crippen LogP contribution is 2.32. The Kier molecular flexibility index (Phi) is 5.18. The number of benzene rings is 2. The van der Waals surface area contributed by atoms with Crippen molar-refractivity contribution >= 4 is 32.5 Å². The van der Waals surface area contributed by atoms with Gasteiger partial charge in [-0.3, -0.25) is 4.90 Å². The molecule has 0 N–H and O–H groups in total. The molecule has 0 atom stereocenters. The van der Waals surface area contributed by atoms with Crippen molar-refractivity contribution in [1.82, 2.24) is 13.8 Å². The van der Waals surface area contributed by atoms with E-state index in [9.17, 15) is 12.8 Å². The first-order valence-electron chi connectivity index (χ1n) is 9.07. The van der Waals surface area contributed by atoms with Gasteiger partial charge in [0.15, 0.2) is 0 Å². The van der Waals surface area contributed by atoms with Crippen molar-refractivity contribution in [3.8, 4) is 0 Å². The fourth-order valence-corrected chi connectivity index (χ4v) is 5.32. The van der Waals surface area contributed by atoms with Crippen LogP contribution in [0, 0.1) is 5.82 Å². The standard InChI is InChI=1S/C20H21ClFN3O2S/c1-23-9-11-24(12-10-23)13-15-3-2-4-19-20(15)18(21)14-25(19)28(26,27)17-7-5-16(22)6-8-17/h2-8,14H,9-13H2,1H3. The van der Waals surface area contributed by atoms with E-state index >= 15 is 0 Å². The Balaban J connectivity index is 1.75. The molecule has 1 aliphatic heterocycles. The Bertz CT molecular complexity index is 1100. The van der Waals surface area contributed by atoms with Gasteiger partial charge in [0.1, 0.15) is 5.82 Å². The van der Waals surface area contributed by atoms with Crippen LogP contribution in [0.5, 0.6) is 0 Å². The molecule has 1 aromatic heterocycles. The summed E-state index contributed by atoms with van der Waals surface area (Å²) >= 11 is 6.47. The molecule has 1 fully saturated rings. The summed E-state index contributed by atoms with van der Waals surface area (Å²) in [6.45, 7) is 4.64. The van der Waals surface area contributed by atoms with E-state index in [4.69, 9.17) is 11.6 Å². The number of nitrogens with zero attached hydrogens (tertiary/aromatic N) is 3. The van der Waals surface area contributed by atoms with E-state index < -0.39 is 15.8 Å². The molecule has 4 rings (SSSR count). The minimum absolute atomic E-state index is 0.0203. The third-order valence-electron chi connectivity index (χ3n) is 5.20. The summed E-state index contributed by atoms with van der Waals surface area (Å²) in [4.78, 5) is 4.65. The van der Waals surface area contributed by atoms with Crippen molar-refractivity contribution in [2.45, 2.75) is 11.4 Å². The Morgan fingerprint density at radius 2 is 1.71 bits per heavy atom. The zero-order valence-corrected chi connectivity index (χ0v) is 17.0. The molecule has 0 radical (unpaired) electrons. The van der Waals surface area contributed by atoms with Gasteiger partial charge < -0.3 is 4.90 Å². The molecule has 8 heteroatoms. The minimum Gasteiger partial charge on any atom is -0.304 e. The normalized spacial score (nSPS) is 16.7. The molecule has 0 saturated carbocycles. The molecule has 0 amide bonds. The summed E-state index contributed by atoms with van der Waals surface area (Å²) in [5.41, 5.74) is 1.53. The number of piperazine rings is 1. The first-order valence-corrected chi connectivity index (χ1v) is 10.9. The second-order valence-corrected chi connectivity index (χ2v) is 9.34. The highest BCUT2D eigenvalue weighted by Gasteiger charge is 2.23. The van der Waals surface area contributed by atoms with Gasteiger partial charge in [-0.05, 0) is 42.9 Å². The van der Waals surface area contributed by atoms with Gasteiger partial charge in [-0.25, -0.2) is 16.8 Å². The number of likely N-dealkylation sites (N-methyl/N-ethyl adjacent to an activating group) is 1.